The SMILES string of the molecule is CCCOCCOC(=O)C1=C(C)Nc2sc(C(N)=O)c(N)c2C1c1ccccc1OC(F)F. The smallest absolute Gasteiger partial charge is 0.387 e. The van der Waals surface area contributed by atoms with Gasteiger partial charge < -0.3 is 31.0 Å². The van der Waals surface area contributed by atoms with Crippen LogP contribution in [0.1, 0.15) is 47.0 Å². The number of halogens is 2. The summed E-state index contributed by atoms with van der Waals surface area (Å²) in [5, 5.41) is 3.55. The summed E-state index contributed by atoms with van der Waals surface area (Å²) in [5.41, 5.74) is 13.0. The van der Waals surface area contributed by atoms with Gasteiger partial charge >= 0.3 is 12.6 Å². The number of esters is 1. The van der Waals surface area contributed by atoms with Crippen LogP contribution in [-0.2, 0) is 14.3 Å². The Balaban J connectivity index is 2.09. The molecule has 1 unspecified atom stereocenters. The largest absolute Gasteiger partial charge is 0.460 e. The first kappa shape index (κ1) is 24.5. The molecule has 0 bridgehead atoms. The number of hydrogen-bond donors (Lipinski definition) is 3. The fourth-order valence-electron chi connectivity index (χ4n) is 3.64. The minimum absolute atomic E-state index is 0.00995. The van der Waals surface area contributed by atoms with Crippen molar-refractivity contribution in [2.75, 3.05) is 30.9 Å². The lowest BCUT2D eigenvalue weighted by molar-refractivity contribution is -0.140. The maximum absolute atomic E-state index is 13.1. The standard InChI is InChI=1S/C22H25F2N3O5S/c1-3-8-30-9-10-31-21(29)14-11(2)27-20-16(17(25)18(33-20)19(26)28)15(14)12-6-4-5-7-13(12)32-22(23)24/h4-7,15,22,27H,3,8-10,25H2,1-2H3,(H2,26,28). The van der Waals surface area contributed by atoms with E-state index in [1.807, 2.05) is 6.92 Å². The van der Waals surface area contributed by atoms with Gasteiger partial charge in [-0.1, -0.05) is 25.1 Å². The highest BCUT2D eigenvalue weighted by Crippen LogP contribution is 2.51. The number of alkyl halides is 2. The Morgan fingerprint density at radius 3 is 2.61 bits per heavy atom. The number of ether oxygens (including phenoxy) is 3. The van der Waals surface area contributed by atoms with E-state index < -0.39 is 24.4 Å². The predicted octanol–water partition coefficient (Wildman–Crippen LogP) is 3.83. The number of nitrogens with two attached hydrogens (primary N) is 2. The number of carbonyl (C=O) groups is 2. The molecule has 0 fully saturated rings. The number of nitrogen functional groups attached to an aromatic ring is 1. The van der Waals surface area contributed by atoms with E-state index in [1.165, 1.54) is 12.1 Å². The molecule has 0 aliphatic carbocycles. The molecule has 8 nitrogen and oxygen atoms in total. The molecular formula is C22H25F2N3O5S. The molecule has 1 aromatic heterocycles. The molecule has 33 heavy (non-hydrogen) atoms. The van der Waals surface area contributed by atoms with Gasteiger partial charge in [-0.05, 0) is 19.4 Å². The molecule has 3 rings (SSSR count). The van der Waals surface area contributed by atoms with Crippen LogP contribution in [0.4, 0.5) is 19.5 Å². The van der Waals surface area contributed by atoms with Crippen molar-refractivity contribution in [3.8, 4) is 5.75 Å². The highest BCUT2D eigenvalue weighted by molar-refractivity contribution is 7.19. The highest BCUT2D eigenvalue weighted by atomic mass is 32.1. The predicted molar refractivity (Wildman–Crippen MR) is 121 cm³/mol. The van der Waals surface area contributed by atoms with Crippen LogP contribution in [0.25, 0.3) is 0 Å². The van der Waals surface area contributed by atoms with E-state index in [2.05, 4.69) is 5.32 Å². The molecule has 1 aliphatic heterocycles. The van der Waals surface area contributed by atoms with Crippen molar-refractivity contribution in [2.24, 2.45) is 5.73 Å². The Hall–Kier alpha value is -3.18. The van der Waals surface area contributed by atoms with E-state index in [4.69, 9.17) is 25.7 Å². The summed E-state index contributed by atoms with van der Waals surface area (Å²) in [6, 6.07) is 6.10. The van der Waals surface area contributed by atoms with E-state index in [0.29, 0.717) is 22.9 Å². The van der Waals surface area contributed by atoms with Gasteiger partial charge in [0.2, 0.25) is 0 Å². The van der Waals surface area contributed by atoms with Gasteiger partial charge in [0.1, 0.15) is 17.2 Å². The number of anilines is 2. The number of amides is 1. The van der Waals surface area contributed by atoms with Crippen molar-refractivity contribution in [2.45, 2.75) is 32.8 Å². The highest BCUT2D eigenvalue weighted by Gasteiger charge is 2.39. The maximum atomic E-state index is 13.1. The Kier molecular flexibility index (Phi) is 7.88. The summed E-state index contributed by atoms with van der Waals surface area (Å²) >= 11 is 1.03. The summed E-state index contributed by atoms with van der Waals surface area (Å²) in [5.74, 6) is -2.46. The first-order valence-electron chi connectivity index (χ1n) is 10.2. The molecule has 0 saturated heterocycles. The summed E-state index contributed by atoms with van der Waals surface area (Å²) < 4.78 is 41.7. The fourth-order valence-corrected chi connectivity index (χ4v) is 4.71. The zero-order valence-corrected chi connectivity index (χ0v) is 19.0. The Morgan fingerprint density at radius 2 is 1.94 bits per heavy atom. The van der Waals surface area contributed by atoms with Crippen molar-refractivity contribution in [3.05, 3.63) is 51.5 Å². The third-order valence-electron chi connectivity index (χ3n) is 4.96. The minimum Gasteiger partial charge on any atom is -0.460 e. The normalized spacial score (nSPS) is 15.2. The number of para-hydroxylation sites is 1. The van der Waals surface area contributed by atoms with Crippen LogP contribution in [0.3, 0.4) is 0 Å². The lowest BCUT2D eigenvalue weighted by Gasteiger charge is -2.29. The molecule has 1 atom stereocenters. The van der Waals surface area contributed by atoms with E-state index in [1.54, 1.807) is 19.1 Å². The lowest BCUT2D eigenvalue weighted by atomic mass is 9.81. The first-order chi connectivity index (χ1) is 15.8. The molecule has 2 aromatic rings. The average Bonchev–Trinajstić information content (AvgIpc) is 3.08. The quantitative estimate of drug-likeness (QED) is 0.348. The van der Waals surface area contributed by atoms with Gasteiger partial charge in [0.25, 0.3) is 5.91 Å². The van der Waals surface area contributed by atoms with Crippen LogP contribution in [0.2, 0.25) is 0 Å². The van der Waals surface area contributed by atoms with Gasteiger partial charge in [0, 0.05) is 23.4 Å². The molecule has 178 valence electrons. The summed E-state index contributed by atoms with van der Waals surface area (Å²) in [6.45, 7) is 1.29. The molecule has 0 spiro atoms. The lowest BCUT2D eigenvalue weighted by Crippen LogP contribution is -2.25. The summed E-state index contributed by atoms with van der Waals surface area (Å²) in [7, 11) is 0. The molecule has 1 aromatic carbocycles. The van der Waals surface area contributed by atoms with Crippen molar-refractivity contribution in [3.63, 3.8) is 0 Å². The molecule has 5 N–H and O–H groups in total. The van der Waals surface area contributed by atoms with Crippen LogP contribution >= 0.6 is 11.3 Å². The number of rotatable bonds is 10. The number of hydrogen-bond acceptors (Lipinski definition) is 8. The second-order valence-corrected chi connectivity index (χ2v) is 8.23. The van der Waals surface area contributed by atoms with Crippen LogP contribution < -0.4 is 21.5 Å². The van der Waals surface area contributed by atoms with Crippen molar-refractivity contribution < 1.29 is 32.6 Å². The second kappa shape index (κ2) is 10.6. The summed E-state index contributed by atoms with van der Waals surface area (Å²) in [6.07, 6.45) is 0.827. The minimum atomic E-state index is -3.08. The molecule has 0 saturated carbocycles. The third kappa shape index (κ3) is 5.25. The van der Waals surface area contributed by atoms with Crippen molar-refractivity contribution in [1.82, 2.24) is 0 Å². The fraction of sp³-hybridized carbons (Fsp3) is 0.364. The van der Waals surface area contributed by atoms with Gasteiger partial charge in [-0.3, -0.25) is 4.79 Å². The Labute approximate surface area is 193 Å². The Bertz CT molecular complexity index is 1070. The molecule has 1 amide bonds. The third-order valence-corrected chi connectivity index (χ3v) is 6.12. The number of thiophene rings is 1. The Morgan fingerprint density at radius 1 is 1.21 bits per heavy atom. The van der Waals surface area contributed by atoms with Gasteiger partial charge in [-0.2, -0.15) is 8.78 Å². The monoisotopic (exact) mass is 481 g/mol. The molecular weight excluding hydrogens is 456 g/mol. The van der Waals surface area contributed by atoms with Crippen LogP contribution in [0.15, 0.2) is 35.5 Å². The topological polar surface area (TPSA) is 126 Å². The zero-order valence-electron chi connectivity index (χ0n) is 18.2. The van der Waals surface area contributed by atoms with Crippen molar-refractivity contribution >= 4 is 33.9 Å². The van der Waals surface area contributed by atoms with Gasteiger partial charge in [0.05, 0.1) is 28.8 Å². The van der Waals surface area contributed by atoms with E-state index >= 15 is 0 Å². The average molecular weight is 482 g/mol. The van der Waals surface area contributed by atoms with Crippen LogP contribution in [-0.4, -0.2) is 38.3 Å². The number of benzene rings is 1. The van der Waals surface area contributed by atoms with Crippen molar-refractivity contribution in [1.29, 1.82) is 0 Å². The molecule has 11 heteroatoms. The maximum Gasteiger partial charge on any atom is 0.387 e. The second-order valence-electron chi connectivity index (χ2n) is 7.21. The van der Waals surface area contributed by atoms with Gasteiger partial charge in [-0.15, -0.1) is 11.3 Å². The number of carbonyl (C=O) groups excluding carboxylic acids is 2. The van der Waals surface area contributed by atoms with E-state index in [9.17, 15) is 18.4 Å². The first-order valence-corrected chi connectivity index (χ1v) is 11.1. The molecule has 0 radical (unpaired) electrons. The number of allylic oxidation sites excluding steroid dienone is 1. The van der Waals surface area contributed by atoms with Crippen LogP contribution in [0.5, 0.6) is 5.75 Å². The molecule has 1 aliphatic rings. The number of fused-ring (bicyclic) bond motifs is 1. The van der Waals surface area contributed by atoms with Crippen LogP contribution in [0, 0.1) is 0 Å². The van der Waals surface area contributed by atoms with Gasteiger partial charge in [-0.25, -0.2) is 4.79 Å². The number of nitrogens with one attached hydrogen (secondary N) is 1. The van der Waals surface area contributed by atoms with Gasteiger partial charge in [0.15, 0.2) is 0 Å². The van der Waals surface area contributed by atoms with E-state index in [0.717, 1.165) is 17.8 Å². The summed E-state index contributed by atoms with van der Waals surface area (Å²) in [4.78, 5) is 25.1. The number of primary amides is 1. The zero-order chi connectivity index (χ0) is 24.1. The van der Waals surface area contributed by atoms with E-state index in [-0.39, 0.29) is 40.7 Å². The molecule has 2 heterocycles.